The van der Waals surface area contributed by atoms with Crippen molar-refractivity contribution in [3.8, 4) is 0 Å². The lowest BCUT2D eigenvalue weighted by Crippen LogP contribution is -2.48. The van der Waals surface area contributed by atoms with Crippen molar-refractivity contribution in [2.75, 3.05) is 0 Å². The van der Waals surface area contributed by atoms with E-state index in [-0.39, 0.29) is 5.41 Å². The number of nitrogens with zero attached hydrogens (tertiary/aromatic N) is 2. The molecule has 1 aromatic heterocycles. The van der Waals surface area contributed by atoms with E-state index < -0.39 is 0 Å². The topological polar surface area (TPSA) is 38.9 Å². The molecule has 25 heavy (non-hydrogen) atoms. The van der Waals surface area contributed by atoms with E-state index in [1.54, 1.807) is 11.8 Å². The summed E-state index contributed by atoms with van der Waals surface area (Å²) in [5, 5.41) is 9.65. The summed E-state index contributed by atoms with van der Waals surface area (Å²) in [6, 6.07) is 6.62. The summed E-state index contributed by atoms with van der Waals surface area (Å²) >= 11 is 1.68. The van der Waals surface area contributed by atoms with Crippen molar-refractivity contribution in [3.05, 3.63) is 40.8 Å². The second-order valence-corrected chi connectivity index (χ2v) is 9.72. The monoisotopic (exact) mass is 354 g/mol. The molecule has 132 valence electrons. The molecule has 0 atom stereocenters. The third-order valence-electron chi connectivity index (χ3n) is 6.75. The molecule has 0 unspecified atom stereocenters. The van der Waals surface area contributed by atoms with E-state index in [4.69, 9.17) is 4.42 Å². The molecule has 0 aliphatic heterocycles. The van der Waals surface area contributed by atoms with Gasteiger partial charge < -0.3 is 4.42 Å². The van der Waals surface area contributed by atoms with E-state index in [1.807, 2.05) is 0 Å². The van der Waals surface area contributed by atoms with Crippen molar-refractivity contribution < 1.29 is 4.42 Å². The van der Waals surface area contributed by atoms with Gasteiger partial charge in [-0.2, -0.15) is 0 Å². The molecule has 1 aromatic carbocycles. The summed E-state index contributed by atoms with van der Waals surface area (Å²) in [4.78, 5) is 0. The minimum atomic E-state index is 0.208. The van der Waals surface area contributed by atoms with E-state index in [1.165, 1.54) is 55.2 Å². The highest BCUT2D eigenvalue weighted by Crippen LogP contribution is 2.60. The summed E-state index contributed by atoms with van der Waals surface area (Å²) in [5.41, 5.74) is 4.21. The van der Waals surface area contributed by atoms with E-state index in [0.29, 0.717) is 0 Å². The van der Waals surface area contributed by atoms with Crippen LogP contribution >= 0.6 is 11.8 Å². The Kier molecular flexibility index (Phi) is 3.74. The molecule has 0 saturated heterocycles. The number of hydrogen-bond acceptors (Lipinski definition) is 4. The lowest BCUT2D eigenvalue weighted by molar-refractivity contribution is -0.0191. The van der Waals surface area contributed by atoms with Gasteiger partial charge in [0.15, 0.2) is 0 Å². The maximum Gasteiger partial charge on any atom is 0.276 e. The third kappa shape index (κ3) is 2.83. The smallest absolute Gasteiger partial charge is 0.276 e. The first kappa shape index (κ1) is 15.9. The first-order chi connectivity index (χ1) is 12.1. The predicted molar refractivity (Wildman–Crippen MR) is 99.6 cm³/mol. The number of aryl methyl sites for hydroxylation is 2. The van der Waals surface area contributed by atoms with E-state index in [2.05, 4.69) is 42.2 Å². The highest BCUT2D eigenvalue weighted by molar-refractivity contribution is 7.98. The third-order valence-corrected chi connectivity index (χ3v) is 7.62. The second-order valence-electron chi connectivity index (χ2n) is 8.79. The van der Waals surface area contributed by atoms with Crippen molar-refractivity contribution >= 4 is 11.8 Å². The Morgan fingerprint density at radius 1 is 1.04 bits per heavy atom. The zero-order chi connectivity index (χ0) is 17.0. The summed E-state index contributed by atoms with van der Waals surface area (Å²) < 4.78 is 6.20. The van der Waals surface area contributed by atoms with Crippen molar-refractivity contribution in [1.82, 2.24) is 10.2 Å². The molecular weight excluding hydrogens is 328 g/mol. The number of aromatic nitrogens is 2. The summed E-state index contributed by atoms with van der Waals surface area (Å²) in [7, 11) is 0. The second kappa shape index (κ2) is 5.87. The Morgan fingerprint density at radius 2 is 1.72 bits per heavy atom. The SMILES string of the molecule is Cc1ccc(C)c(CSc2nnc(C34CC5CC(CC(C5)C3)C4)o2)c1. The van der Waals surface area contributed by atoms with Crippen LogP contribution in [0.4, 0.5) is 0 Å². The highest BCUT2D eigenvalue weighted by atomic mass is 32.2. The van der Waals surface area contributed by atoms with Crippen LogP contribution < -0.4 is 0 Å². The number of rotatable bonds is 4. The average Bonchev–Trinajstić information content (AvgIpc) is 3.04. The van der Waals surface area contributed by atoms with E-state index in [9.17, 15) is 0 Å². The number of hydrogen-bond donors (Lipinski definition) is 0. The fourth-order valence-electron chi connectivity index (χ4n) is 5.95. The van der Waals surface area contributed by atoms with Gasteiger partial charge in [0.05, 0.1) is 0 Å². The summed E-state index contributed by atoms with van der Waals surface area (Å²) in [5.74, 6) is 4.56. The first-order valence-electron chi connectivity index (χ1n) is 9.62. The van der Waals surface area contributed by atoms with Crippen LogP contribution in [0.15, 0.2) is 27.8 Å². The average molecular weight is 355 g/mol. The lowest BCUT2D eigenvalue weighted by atomic mass is 9.49. The Hall–Kier alpha value is -1.29. The van der Waals surface area contributed by atoms with Gasteiger partial charge in [0.25, 0.3) is 5.22 Å². The lowest BCUT2D eigenvalue weighted by Gasteiger charge is -2.55. The molecule has 4 aliphatic carbocycles. The molecule has 0 spiro atoms. The van der Waals surface area contributed by atoms with Crippen LogP contribution in [0.2, 0.25) is 0 Å². The van der Waals surface area contributed by atoms with Crippen LogP contribution in [0.5, 0.6) is 0 Å². The molecule has 2 aromatic rings. The van der Waals surface area contributed by atoms with Gasteiger partial charge in [-0.3, -0.25) is 0 Å². The Balaban J connectivity index is 1.33. The van der Waals surface area contributed by atoms with Gasteiger partial charge in [-0.25, -0.2) is 0 Å². The van der Waals surface area contributed by atoms with E-state index in [0.717, 1.165) is 34.6 Å². The summed E-state index contributed by atoms with van der Waals surface area (Å²) in [6.07, 6.45) is 8.18. The van der Waals surface area contributed by atoms with Crippen molar-refractivity contribution in [2.45, 2.75) is 68.8 Å². The molecular formula is C21H26N2OS. The standard InChI is InChI=1S/C21H26N2OS/c1-13-3-4-14(2)18(5-13)12-25-20-23-22-19(24-20)21-9-15-6-16(10-21)8-17(7-15)11-21/h3-5,15-17H,6-12H2,1-2H3. The first-order valence-corrected chi connectivity index (χ1v) is 10.6. The molecule has 4 saturated carbocycles. The largest absolute Gasteiger partial charge is 0.415 e. The van der Waals surface area contributed by atoms with Crippen LogP contribution in [-0.2, 0) is 11.2 Å². The van der Waals surface area contributed by atoms with Crippen LogP contribution in [0.1, 0.15) is 61.1 Å². The van der Waals surface area contributed by atoms with Crippen LogP contribution in [0, 0.1) is 31.6 Å². The number of benzene rings is 1. The fraction of sp³-hybridized carbons (Fsp3) is 0.619. The Bertz CT molecular complexity index is 762. The molecule has 4 heteroatoms. The molecule has 0 N–H and O–H groups in total. The minimum Gasteiger partial charge on any atom is -0.415 e. The molecule has 6 rings (SSSR count). The van der Waals surface area contributed by atoms with Crippen LogP contribution in [-0.4, -0.2) is 10.2 Å². The van der Waals surface area contributed by atoms with E-state index >= 15 is 0 Å². The maximum absolute atomic E-state index is 6.20. The maximum atomic E-state index is 6.20. The minimum absolute atomic E-state index is 0.208. The van der Waals surface area contributed by atoms with Crippen molar-refractivity contribution in [1.29, 1.82) is 0 Å². The number of thioether (sulfide) groups is 1. The molecule has 3 nitrogen and oxygen atoms in total. The molecule has 4 fully saturated rings. The van der Waals surface area contributed by atoms with Gasteiger partial charge in [0, 0.05) is 11.2 Å². The fourth-order valence-corrected chi connectivity index (χ4v) is 6.78. The quantitative estimate of drug-likeness (QED) is 0.685. The van der Waals surface area contributed by atoms with Crippen molar-refractivity contribution in [3.63, 3.8) is 0 Å². The molecule has 4 aliphatic rings. The Labute approximate surface area is 154 Å². The van der Waals surface area contributed by atoms with Gasteiger partial charge >= 0.3 is 0 Å². The summed E-state index contributed by atoms with van der Waals surface area (Å²) in [6.45, 7) is 4.31. The van der Waals surface area contributed by atoms with Crippen molar-refractivity contribution in [2.24, 2.45) is 17.8 Å². The van der Waals surface area contributed by atoms with Crippen LogP contribution in [0.25, 0.3) is 0 Å². The van der Waals surface area contributed by atoms with Gasteiger partial charge in [-0.1, -0.05) is 35.5 Å². The molecule has 1 heterocycles. The van der Waals surface area contributed by atoms with Gasteiger partial charge in [0.2, 0.25) is 5.89 Å². The van der Waals surface area contributed by atoms with Gasteiger partial charge in [-0.15, -0.1) is 10.2 Å². The Morgan fingerprint density at radius 3 is 2.40 bits per heavy atom. The normalized spacial score (nSPS) is 33.1. The predicted octanol–water partition coefficient (Wildman–Crippen LogP) is 5.45. The zero-order valence-corrected chi connectivity index (χ0v) is 15.9. The van der Waals surface area contributed by atoms with Gasteiger partial charge in [0.1, 0.15) is 0 Å². The molecule has 0 radical (unpaired) electrons. The molecule has 0 amide bonds. The zero-order valence-electron chi connectivity index (χ0n) is 15.1. The highest BCUT2D eigenvalue weighted by Gasteiger charge is 2.54. The van der Waals surface area contributed by atoms with Gasteiger partial charge in [-0.05, 0) is 81.3 Å². The van der Waals surface area contributed by atoms with Crippen LogP contribution in [0.3, 0.4) is 0 Å². The molecule has 4 bridgehead atoms.